The summed E-state index contributed by atoms with van der Waals surface area (Å²) < 4.78 is 7.46. The maximum atomic E-state index is 12.7. The second-order valence-corrected chi connectivity index (χ2v) is 5.66. The first-order chi connectivity index (χ1) is 11.8. The quantitative estimate of drug-likeness (QED) is 0.742. The molecule has 24 heavy (non-hydrogen) atoms. The number of anilines is 1. The van der Waals surface area contributed by atoms with E-state index in [0.717, 1.165) is 11.3 Å². The number of rotatable bonds is 4. The Morgan fingerprint density at radius 2 is 1.67 bits per heavy atom. The van der Waals surface area contributed by atoms with Crippen LogP contribution in [0.5, 0.6) is 5.88 Å². The van der Waals surface area contributed by atoms with Crippen molar-refractivity contribution >= 4 is 11.6 Å². The Bertz CT molecular complexity index is 844. The minimum atomic E-state index is -0.0467. The van der Waals surface area contributed by atoms with Crippen LogP contribution >= 0.6 is 0 Å². The topological polar surface area (TPSA) is 47.4 Å². The van der Waals surface area contributed by atoms with Gasteiger partial charge < -0.3 is 9.64 Å². The van der Waals surface area contributed by atoms with E-state index >= 15 is 0 Å². The number of hydrogen-bond acceptors (Lipinski definition) is 3. The highest BCUT2D eigenvalue weighted by molar-refractivity contribution is 6.05. The molecule has 0 saturated carbocycles. The van der Waals surface area contributed by atoms with Gasteiger partial charge in [-0.1, -0.05) is 48.5 Å². The van der Waals surface area contributed by atoms with E-state index in [9.17, 15) is 4.79 Å². The largest absolute Gasteiger partial charge is 0.472 e. The molecule has 0 radical (unpaired) electrons. The van der Waals surface area contributed by atoms with E-state index in [1.807, 2.05) is 60.7 Å². The molecule has 0 fully saturated rings. The van der Waals surface area contributed by atoms with Crippen LogP contribution in [0.15, 0.2) is 66.7 Å². The van der Waals surface area contributed by atoms with E-state index in [1.165, 1.54) is 0 Å². The molecule has 0 aliphatic carbocycles. The number of amides is 1. The molecule has 5 heteroatoms. The number of nitrogens with zero attached hydrogens (tertiary/aromatic N) is 3. The van der Waals surface area contributed by atoms with Crippen molar-refractivity contribution in [2.24, 2.45) is 0 Å². The smallest absolute Gasteiger partial charge is 0.276 e. The van der Waals surface area contributed by atoms with Crippen LogP contribution in [0, 0.1) is 0 Å². The lowest BCUT2D eigenvalue weighted by Gasteiger charge is -2.27. The van der Waals surface area contributed by atoms with Crippen LogP contribution in [0.25, 0.3) is 0 Å². The van der Waals surface area contributed by atoms with Gasteiger partial charge in [0.1, 0.15) is 12.3 Å². The van der Waals surface area contributed by atoms with Gasteiger partial charge in [-0.05, 0) is 17.7 Å². The third-order valence-electron chi connectivity index (χ3n) is 4.05. The zero-order valence-electron chi connectivity index (χ0n) is 13.1. The van der Waals surface area contributed by atoms with Crippen molar-refractivity contribution in [3.8, 4) is 5.88 Å². The molecule has 1 aromatic heterocycles. The zero-order valence-corrected chi connectivity index (χ0v) is 13.1. The molecule has 1 amide bonds. The monoisotopic (exact) mass is 319 g/mol. The summed E-state index contributed by atoms with van der Waals surface area (Å²) in [5, 5.41) is 4.39. The third-order valence-corrected chi connectivity index (χ3v) is 4.05. The van der Waals surface area contributed by atoms with E-state index in [4.69, 9.17) is 4.74 Å². The van der Waals surface area contributed by atoms with Gasteiger partial charge in [-0.15, -0.1) is 5.10 Å². The molecule has 0 atom stereocenters. The summed E-state index contributed by atoms with van der Waals surface area (Å²) in [4.78, 5) is 14.5. The van der Waals surface area contributed by atoms with Crippen molar-refractivity contribution < 1.29 is 9.53 Å². The number of carbonyl (C=O) groups excluding carboxylic acids is 1. The maximum absolute atomic E-state index is 12.7. The predicted molar refractivity (Wildman–Crippen MR) is 91.1 cm³/mol. The van der Waals surface area contributed by atoms with Gasteiger partial charge >= 0.3 is 0 Å². The SMILES string of the molecule is O=C1c2cc(OCc3ccccc3)nn2CCN1c1ccccc1. The molecule has 4 rings (SSSR count). The molecule has 3 aromatic rings. The molecule has 5 nitrogen and oxygen atoms in total. The molecule has 1 aliphatic heterocycles. The van der Waals surface area contributed by atoms with E-state index in [0.29, 0.717) is 31.3 Å². The standard InChI is InChI=1S/C19H17N3O2/c23-19-17-13-18(24-14-15-7-3-1-4-8-15)20-22(17)12-11-21(19)16-9-5-2-6-10-16/h1-10,13H,11-12,14H2. The molecule has 0 saturated heterocycles. The first-order valence-electron chi connectivity index (χ1n) is 7.93. The molecule has 2 aromatic carbocycles. The Morgan fingerprint density at radius 1 is 0.958 bits per heavy atom. The molecule has 0 unspecified atom stereocenters. The Labute approximate surface area is 140 Å². The van der Waals surface area contributed by atoms with Crippen molar-refractivity contribution in [2.75, 3.05) is 11.4 Å². The lowest BCUT2D eigenvalue weighted by molar-refractivity contribution is 0.0962. The van der Waals surface area contributed by atoms with Gasteiger partial charge in [-0.2, -0.15) is 0 Å². The highest BCUT2D eigenvalue weighted by atomic mass is 16.5. The van der Waals surface area contributed by atoms with Crippen molar-refractivity contribution in [1.29, 1.82) is 0 Å². The summed E-state index contributed by atoms with van der Waals surface area (Å²) in [5.74, 6) is 0.437. The number of carbonyl (C=O) groups is 1. The molecular formula is C19H17N3O2. The lowest BCUT2D eigenvalue weighted by atomic mass is 10.2. The normalized spacial score (nSPS) is 13.7. The van der Waals surface area contributed by atoms with Gasteiger partial charge in [-0.25, -0.2) is 0 Å². The van der Waals surface area contributed by atoms with E-state index in [2.05, 4.69) is 5.10 Å². The molecule has 2 heterocycles. The highest BCUT2D eigenvalue weighted by Gasteiger charge is 2.27. The van der Waals surface area contributed by atoms with Crippen molar-refractivity contribution in [3.05, 3.63) is 78.0 Å². The van der Waals surface area contributed by atoms with Gasteiger partial charge in [0, 0.05) is 18.3 Å². The summed E-state index contributed by atoms with van der Waals surface area (Å²) in [5.41, 5.74) is 2.54. The van der Waals surface area contributed by atoms with Gasteiger partial charge in [0.15, 0.2) is 0 Å². The van der Waals surface area contributed by atoms with E-state index in [-0.39, 0.29) is 5.91 Å². The Morgan fingerprint density at radius 3 is 2.42 bits per heavy atom. The summed E-state index contributed by atoms with van der Waals surface area (Å²) >= 11 is 0. The second-order valence-electron chi connectivity index (χ2n) is 5.66. The molecule has 0 spiro atoms. The molecule has 0 N–H and O–H groups in total. The van der Waals surface area contributed by atoms with Crippen LogP contribution in [0.2, 0.25) is 0 Å². The van der Waals surface area contributed by atoms with Crippen molar-refractivity contribution in [3.63, 3.8) is 0 Å². The van der Waals surface area contributed by atoms with Crippen molar-refractivity contribution in [1.82, 2.24) is 9.78 Å². The number of fused-ring (bicyclic) bond motifs is 1. The van der Waals surface area contributed by atoms with E-state index in [1.54, 1.807) is 15.6 Å². The number of benzene rings is 2. The van der Waals surface area contributed by atoms with Gasteiger partial charge in [0.2, 0.25) is 5.88 Å². The first kappa shape index (κ1) is 14.5. The fraction of sp³-hybridized carbons (Fsp3) is 0.158. The first-order valence-corrected chi connectivity index (χ1v) is 7.93. The van der Waals surface area contributed by atoms with Gasteiger partial charge in [0.25, 0.3) is 5.91 Å². The summed E-state index contributed by atoms with van der Waals surface area (Å²) in [7, 11) is 0. The summed E-state index contributed by atoms with van der Waals surface area (Å²) in [6.45, 7) is 1.70. The van der Waals surface area contributed by atoms with Crippen molar-refractivity contribution in [2.45, 2.75) is 13.2 Å². The van der Waals surface area contributed by atoms with Crippen LogP contribution < -0.4 is 9.64 Å². The summed E-state index contributed by atoms with van der Waals surface area (Å²) in [6, 6.07) is 21.3. The van der Waals surface area contributed by atoms with Gasteiger partial charge in [-0.3, -0.25) is 9.48 Å². The van der Waals surface area contributed by atoms with Crippen LogP contribution in [0.4, 0.5) is 5.69 Å². The Hall–Kier alpha value is -3.08. The molecule has 0 bridgehead atoms. The number of para-hydroxylation sites is 1. The fourth-order valence-corrected chi connectivity index (χ4v) is 2.83. The summed E-state index contributed by atoms with van der Waals surface area (Å²) in [6.07, 6.45) is 0. The highest BCUT2D eigenvalue weighted by Crippen LogP contribution is 2.23. The molecular weight excluding hydrogens is 302 g/mol. The average molecular weight is 319 g/mol. The molecule has 120 valence electrons. The number of aromatic nitrogens is 2. The van der Waals surface area contributed by atoms with Crippen LogP contribution in [0.3, 0.4) is 0 Å². The minimum Gasteiger partial charge on any atom is -0.472 e. The minimum absolute atomic E-state index is 0.0467. The predicted octanol–water partition coefficient (Wildman–Crippen LogP) is 3.12. The van der Waals surface area contributed by atoms with E-state index < -0.39 is 0 Å². The van der Waals surface area contributed by atoms with Crippen LogP contribution in [0.1, 0.15) is 16.1 Å². The third kappa shape index (κ3) is 2.76. The zero-order chi connectivity index (χ0) is 16.4. The Kier molecular flexibility index (Phi) is 3.75. The average Bonchev–Trinajstić information content (AvgIpc) is 3.06. The Balaban J connectivity index is 1.52. The van der Waals surface area contributed by atoms with Crippen LogP contribution in [-0.2, 0) is 13.2 Å². The number of ether oxygens (including phenoxy) is 1. The number of hydrogen-bond donors (Lipinski definition) is 0. The van der Waals surface area contributed by atoms with Crippen LogP contribution in [-0.4, -0.2) is 22.2 Å². The second kappa shape index (κ2) is 6.20. The fourth-order valence-electron chi connectivity index (χ4n) is 2.83. The lowest BCUT2D eigenvalue weighted by Crippen LogP contribution is -2.40. The van der Waals surface area contributed by atoms with Gasteiger partial charge in [0.05, 0.1) is 6.54 Å². The maximum Gasteiger partial charge on any atom is 0.276 e. The molecule has 1 aliphatic rings.